The van der Waals surface area contributed by atoms with Crippen LogP contribution in [0.2, 0.25) is 0 Å². The normalized spacial score (nSPS) is 22.3. The predicted molar refractivity (Wildman–Crippen MR) is 109 cm³/mol. The zero-order valence-corrected chi connectivity index (χ0v) is 17.4. The molecule has 158 valence electrons. The molecular weight excluding hydrogens is 344 g/mol. The maximum absolute atomic E-state index is 5.83. The molecule has 0 bridgehead atoms. The first-order valence-corrected chi connectivity index (χ1v) is 10.7. The Morgan fingerprint density at radius 2 is 2.04 bits per heavy atom. The molecule has 2 aliphatic heterocycles. The van der Waals surface area contributed by atoms with Crippen molar-refractivity contribution in [3.05, 3.63) is 0 Å². The Labute approximate surface area is 165 Å². The molecule has 7 nitrogen and oxygen atoms in total. The number of methoxy groups -OCH3 is 1. The van der Waals surface area contributed by atoms with Gasteiger partial charge in [0.15, 0.2) is 5.96 Å². The third-order valence-electron chi connectivity index (χ3n) is 5.34. The number of rotatable bonds is 12. The van der Waals surface area contributed by atoms with E-state index >= 15 is 0 Å². The lowest BCUT2D eigenvalue weighted by Crippen LogP contribution is -2.40. The minimum absolute atomic E-state index is 0.540. The summed E-state index contributed by atoms with van der Waals surface area (Å²) in [5.41, 5.74) is 0. The lowest BCUT2D eigenvalue weighted by atomic mass is 10.0. The number of nitrogens with zero attached hydrogens (tertiary/aromatic N) is 2. The zero-order chi connectivity index (χ0) is 19.2. The van der Waals surface area contributed by atoms with Crippen molar-refractivity contribution in [2.75, 3.05) is 72.9 Å². The lowest BCUT2D eigenvalue weighted by molar-refractivity contribution is 0.0203. The molecule has 0 spiro atoms. The van der Waals surface area contributed by atoms with E-state index in [1.165, 1.54) is 12.8 Å². The Morgan fingerprint density at radius 3 is 2.81 bits per heavy atom. The second kappa shape index (κ2) is 14.2. The van der Waals surface area contributed by atoms with Crippen LogP contribution in [0.4, 0.5) is 0 Å². The van der Waals surface area contributed by atoms with Crippen LogP contribution in [0.1, 0.15) is 39.0 Å². The van der Waals surface area contributed by atoms with E-state index in [1.54, 1.807) is 7.11 Å². The van der Waals surface area contributed by atoms with Crippen molar-refractivity contribution in [3.63, 3.8) is 0 Å². The van der Waals surface area contributed by atoms with Crippen molar-refractivity contribution in [2.45, 2.75) is 45.1 Å². The molecule has 1 unspecified atom stereocenters. The molecule has 2 fully saturated rings. The molecule has 2 heterocycles. The Morgan fingerprint density at radius 1 is 1.19 bits per heavy atom. The van der Waals surface area contributed by atoms with Gasteiger partial charge in [-0.25, -0.2) is 0 Å². The molecule has 2 rings (SSSR count). The highest BCUT2D eigenvalue weighted by Crippen LogP contribution is 2.17. The molecule has 0 saturated carbocycles. The van der Waals surface area contributed by atoms with Gasteiger partial charge in [0.05, 0.1) is 13.2 Å². The van der Waals surface area contributed by atoms with Gasteiger partial charge in [-0.05, 0) is 51.5 Å². The van der Waals surface area contributed by atoms with Gasteiger partial charge in [0.25, 0.3) is 0 Å². The maximum atomic E-state index is 5.83. The van der Waals surface area contributed by atoms with Gasteiger partial charge in [0, 0.05) is 59.2 Å². The SMILES string of the molecule is CCNC(=NCC1CCCN1CCOC)NCCCOCC1CCOCC1. The van der Waals surface area contributed by atoms with Crippen molar-refractivity contribution in [1.82, 2.24) is 15.5 Å². The highest BCUT2D eigenvalue weighted by molar-refractivity contribution is 5.79. The van der Waals surface area contributed by atoms with Crippen LogP contribution in [0, 0.1) is 5.92 Å². The van der Waals surface area contributed by atoms with Gasteiger partial charge in [0.1, 0.15) is 0 Å². The summed E-state index contributed by atoms with van der Waals surface area (Å²) in [4.78, 5) is 7.30. The van der Waals surface area contributed by atoms with E-state index < -0.39 is 0 Å². The first-order valence-electron chi connectivity index (χ1n) is 10.7. The van der Waals surface area contributed by atoms with E-state index in [0.717, 1.165) is 91.0 Å². The van der Waals surface area contributed by atoms with Crippen molar-refractivity contribution in [2.24, 2.45) is 10.9 Å². The molecule has 2 saturated heterocycles. The zero-order valence-electron chi connectivity index (χ0n) is 17.4. The number of aliphatic imine (C=N–C) groups is 1. The average Bonchev–Trinajstić information content (AvgIpc) is 3.15. The average molecular weight is 385 g/mol. The second-order valence-corrected chi connectivity index (χ2v) is 7.46. The molecule has 27 heavy (non-hydrogen) atoms. The van der Waals surface area contributed by atoms with Gasteiger partial charge in [-0.2, -0.15) is 0 Å². The smallest absolute Gasteiger partial charge is 0.191 e. The Kier molecular flexibility index (Phi) is 11.7. The fraction of sp³-hybridized carbons (Fsp3) is 0.950. The summed E-state index contributed by atoms with van der Waals surface area (Å²) in [6.45, 7) is 11.1. The monoisotopic (exact) mass is 384 g/mol. The molecular formula is C20H40N4O3. The largest absolute Gasteiger partial charge is 0.383 e. The fourth-order valence-electron chi connectivity index (χ4n) is 3.69. The van der Waals surface area contributed by atoms with Crippen molar-refractivity contribution < 1.29 is 14.2 Å². The molecule has 0 aromatic carbocycles. The Bertz CT molecular complexity index is 403. The summed E-state index contributed by atoms with van der Waals surface area (Å²) in [7, 11) is 1.77. The molecule has 0 amide bonds. The van der Waals surface area contributed by atoms with E-state index in [2.05, 4.69) is 22.5 Å². The van der Waals surface area contributed by atoms with Crippen LogP contribution in [0.5, 0.6) is 0 Å². The Hall–Kier alpha value is -0.890. The first-order chi connectivity index (χ1) is 13.3. The first kappa shape index (κ1) is 22.4. The second-order valence-electron chi connectivity index (χ2n) is 7.46. The molecule has 0 aromatic rings. The van der Waals surface area contributed by atoms with E-state index in [1.807, 2.05) is 0 Å². The van der Waals surface area contributed by atoms with E-state index in [9.17, 15) is 0 Å². The summed E-state index contributed by atoms with van der Waals surface area (Å²) in [5.74, 6) is 1.60. The highest BCUT2D eigenvalue weighted by atomic mass is 16.5. The summed E-state index contributed by atoms with van der Waals surface area (Å²) < 4.78 is 16.4. The van der Waals surface area contributed by atoms with Gasteiger partial charge < -0.3 is 24.8 Å². The maximum Gasteiger partial charge on any atom is 0.191 e. The Balaban J connectivity index is 1.59. The van der Waals surface area contributed by atoms with Crippen LogP contribution in [-0.2, 0) is 14.2 Å². The van der Waals surface area contributed by atoms with Gasteiger partial charge in [-0.3, -0.25) is 9.89 Å². The lowest BCUT2D eigenvalue weighted by Gasteiger charge is -2.23. The summed E-state index contributed by atoms with van der Waals surface area (Å²) >= 11 is 0. The predicted octanol–water partition coefficient (Wildman–Crippen LogP) is 1.49. The quantitative estimate of drug-likeness (QED) is 0.302. The standard InChI is InChI=1S/C20H40N4O3/c1-3-21-20(23-16-19-6-4-10-24(19)11-15-25-2)22-9-5-12-27-17-18-7-13-26-14-8-18/h18-19H,3-17H2,1-2H3,(H2,21,22,23). The van der Waals surface area contributed by atoms with Gasteiger partial charge >= 0.3 is 0 Å². The molecule has 1 atom stereocenters. The van der Waals surface area contributed by atoms with Crippen LogP contribution < -0.4 is 10.6 Å². The molecule has 2 aliphatic rings. The van der Waals surface area contributed by atoms with E-state index in [0.29, 0.717) is 12.0 Å². The van der Waals surface area contributed by atoms with Crippen molar-refractivity contribution in [3.8, 4) is 0 Å². The minimum atomic E-state index is 0.540. The third kappa shape index (κ3) is 9.23. The molecule has 0 radical (unpaired) electrons. The van der Waals surface area contributed by atoms with Crippen LogP contribution in [-0.4, -0.2) is 89.8 Å². The number of hydrogen-bond acceptors (Lipinski definition) is 5. The number of nitrogens with one attached hydrogen (secondary N) is 2. The topological polar surface area (TPSA) is 67.4 Å². The van der Waals surface area contributed by atoms with Gasteiger partial charge in [-0.1, -0.05) is 0 Å². The van der Waals surface area contributed by atoms with Crippen LogP contribution >= 0.6 is 0 Å². The number of guanidine groups is 1. The number of likely N-dealkylation sites (tertiary alicyclic amines) is 1. The number of hydrogen-bond donors (Lipinski definition) is 2. The minimum Gasteiger partial charge on any atom is -0.383 e. The van der Waals surface area contributed by atoms with Crippen LogP contribution in [0.15, 0.2) is 4.99 Å². The molecule has 7 heteroatoms. The van der Waals surface area contributed by atoms with E-state index in [-0.39, 0.29) is 0 Å². The van der Waals surface area contributed by atoms with E-state index in [4.69, 9.17) is 19.2 Å². The fourth-order valence-corrected chi connectivity index (χ4v) is 3.69. The van der Waals surface area contributed by atoms with Crippen molar-refractivity contribution in [1.29, 1.82) is 0 Å². The molecule has 0 aliphatic carbocycles. The summed E-state index contributed by atoms with van der Waals surface area (Å²) in [6, 6.07) is 0.540. The van der Waals surface area contributed by atoms with Gasteiger partial charge in [-0.15, -0.1) is 0 Å². The summed E-state index contributed by atoms with van der Waals surface area (Å²) in [6.07, 6.45) is 5.76. The number of ether oxygens (including phenoxy) is 3. The summed E-state index contributed by atoms with van der Waals surface area (Å²) in [5, 5.41) is 6.78. The third-order valence-corrected chi connectivity index (χ3v) is 5.34. The molecule has 0 aromatic heterocycles. The van der Waals surface area contributed by atoms with Crippen LogP contribution in [0.25, 0.3) is 0 Å². The molecule has 2 N–H and O–H groups in total. The van der Waals surface area contributed by atoms with Crippen LogP contribution in [0.3, 0.4) is 0 Å². The highest BCUT2D eigenvalue weighted by Gasteiger charge is 2.23. The van der Waals surface area contributed by atoms with Gasteiger partial charge in [0.2, 0.25) is 0 Å². The van der Waals surface area contributed by atoms with Crippen molar-refractivity contribution >= 4 is 5.96 Å².